The van der Waals surface area contributed by atoms with Gasteiger partial charge in [-0.2, -0.15) is 0 Å². The van der Waals surface area contributed by atoms with Gasteiger partial charge in [-0.25, -0.2) is 0 Å². The molecular weight excluding hydrogens is 160 g/mol. The molecule has 2 nitrogen and oxygen atoms in total. The van der Waals surface area contributed by atoms with Crippen LogP contribution in [0.15, 0.2) is 0 Å². The van der Waals surface area contributed by atoms with Gasteiger partial charge in [-0.1, -0.05) is 6.92 Å². The molecule has 2 rings (SSSR count). The SMILES string of the molecule is CC1CC1(CN)C1CCCN(C)C1. The van der Waals surface area contributed by atoms with Crippen LogP contribution in [0.25, 0.3) is 0 Å². The Morgan fingerprint density at radius 3 is 2.69 bits per heavy atom. The molecule has 2 aliphatic rings. The molecule has 1 aliphatic carbocycles. The molecule has 0 aromatic heterocycles. The van der Waals surface area contributed by atoms with Gasteiger partial charge in [0.05, 0.1) is 0 Å². The van der Waals surface area contributed by atoms with Crippen molar-refractivity contribution in [2.45, 2.75) is 26.2 Å². The molecule has 0 bridgehead atoms. The number of piperidine rings is 1. The molecule has 1 heterocycles. The molecule has 1 saturated heterocycles. The van der Waals surface area contributed by atoms with Crippen molar-refractivity contribution >= 4 is 0 Å². The van der Waals surface area contributed by atoms with E-state index >= 15 is 0 Å². The quantitative estimate of drug-likeness (QED) is 0.698. The van der Waals surface area contributed by atoms with Gasteiger partial charge in [-0.15, -0.1) is 0 Å². The first-order valence-electron chi connectivity index (χ1n) is 5.57. The van der Waals surface area contributed by atoms with E-state index in [4.69, 9.17) is 5.73 Å². The Morgan fingerprint density at radius 2 is 2.23 bits per heavy atom. The molecule has 76 valence electrons. The summed E-state index contributed by atoms with van der Waals surface area (Å²) in [6.07, 6.45) is 4.16. The van der Waals surface area contributed by atoms with Crippen LogP contribution >= 0.6 is 0 Å². The van der Waals surface area contributed by atoms with Crippen LogP contribution in [0.2, 0.25) is 0 Å². The number of likely N-dealkylation sites (tertiary alicyclic amines) is 1. The van der Waals surface area contributed by atoms with Gasteiger partial charge in [-0.05, 0) is 56.7 Å². The Kier molecular flexibility index (Phi) is 2.37. The maximum atomic E-state index is 5.92. The van der Waals surface area contributed by atoms with Crippen LogP contribution in [-0.4, -0.2) is 31.6 Å². The van der Waals surface area contributed by atoms with Crippen molar-refractivity contribution in [2.24, 2.45) is 23.0 Å². The summed E-state index contributed by atoms with van der Waals surface area (Å²) >= 11 is 0. The Bertz CT molecular complexity index is 189. The molecule has 0 radical (unpaired) electrons. The van der Waals surface area contributed by atoms with Gasteiger partial charge in [-0.3, -0.25) is 0 Å². The van der Waals surface area contributed by atoms with Gasteiger partial charge in [0.2, 0.25) is 0 Å². The maximum absolute atomic E-state index is 5.92. The number of nitrogens with two attached hydrogens (primary N) is 1. The van der Waals surface area contributed by atoms with Crippen molar-refractivity contribution in [3.63, 3.8) is 0 Å². The largest absolute Gasteiger partial charge is 0.330 e. The lowest BCUT2D eigenvalue weighted by Crippen LogP contribution is -2.39. The van der Waals surface area contributed by atoms with Crippen LogP contribution < -0.4 is 5.73 Å². The van der Waals surface area contributed by atoms with Crippen LogP contribution in [-0.2, 0) is 0 Å². The third-order valence-electron chi connectivity index (χ3n) is 4.33. The smallest absolute Gasteiger partial charge is 0.00125 e. The summed E-state index contributed by atoms with van der Waals surface area (Å²) in [4.78, 5) is 2.47. The van der Waals surface area contributed by atoms with E-state index in [1.807, 2.05) is 0 Å². The lowest BCUT2D eigenvalue weighted by atomic mass is 9.81. The molecule has 2 fully saturated rings. The van der Waals surface area contributed by atoms with E-state index in [0.29, 0.717) is 5.41 Å². The highest BCUT2D eigenvalue weighted by atomic mass is 15.1. The highest BCUT2D eigenvalue weighted by Crippen LogP contribution is 2.58. The minimum atomic E-state index is 0.536. The van der Waals surface area contributed by atoms with Gasteiger partial charge in [0, 0.05) is 6.54 Å². The average Bonchev–Trinajstić information content (AvgIpc) is 2.78. The monoisotopic (exact) mass is 182 g/mol. The molecule has 0 aromatic carbocycles. The third-order valence-corrected chi connectivity index (χ3v) is 4.33. The zero-order valence-corrected chi connectivity index (χ0v) is 8.92. The number of hydrogen-bond donors (Lipinski definition) is 1. The van der Waals surface area contributed by atoms with Crippen molar-refractivity contribution in [3.05, 3.63) is 0 Å². The second-order valence-corrected chi connectivity index (χ2v) is 5.14. The third kappa shape index (κ3) is 1.50. The van der Waals surface area contributed by atoms with Gasteiger partial charge >= 0.3 is 0 Å². The Labute approximate surface area is 81.5 Å². The Morgan fingerprint density at radius 1 is 1.54 bits per heavy atom. The lowest BCUT2D eigenvalue weighted by molar-refractivity contribution is 0.141. The second-order valence-electron chi connectivity index (χ2n) is 5.14. The number of hydrogen-bond acceptors (Lipinski definition) is 2. The normalized spacial score (nSPS) is 46.4. The molecule has 0 aromatic rings. The van der Waals surface area contributed by atoms with E-state index in [1.165, 1.54) is 32.4 Å². The summed E-state index contributed by atoms with van der Waals surface area (Å²) in [6.45, 7) is 5.83. The van der Waals surface area contributed by atoms with Gasteiger partial charge in [0.1, 0.15) is 0 Å². The molecule has 13 heavy (non-hydrogen) atoms. The molecule has 3 unspecified atom stereocenters. The van der Waals surface area contributed by atoms with Crippen molar-refractivity contribution in [2.75, 3.05) is 26.7 Å². The van der Waals surface area contributed by atoms with Crippen LogP contribution in [0.5, 0.6) is 0 Å². The topological polar surface area (TPSA) is 29.3 Å². The van der Waals surface area contributed by atoms with Crippen LogP contribution in [0.1, 0.15) is 26.2 Å². The molecule has 2 heteroatoms. The van der Waals surface area contributed by atoms with E-state index in [2.05, 4.69) is 18.9 Å². The number of rotatable bonds is 2. The fourth-order valence-electron chi connectivity index (χ4n) is 3.17. The first-order chi connectivity index (χ1) is 6.19. The van der Waals surface area contributed by atoms with E-state index in [1.54, 1.807) is 0 Å². The summed E-state index contributed by atoms with van der Waals surface area (Å²) in [5.41, 5.74) is 6.45. The molecular formula is C11H22N2. The number of nitrogens with zero attached hydrogens (tertiary/aromatic N) is 1. The Hall–Kier alpha value is -0.0800. The molecule has 0 amide bonds. The van der Waals surface area contributed by atoms with Gasteiger partial charge in [0.15, 0.2) is 0 Å². The van der Waals surface area contributed by atoms with Gasteiger partial charge < -0.3 is 10.6 Å². The van der Waals surface area contributed by atoms with E-state index in [9.17, 15) is 0 Å². The minimum absolute atomic E-state index is 0.536. The highest BCUT2D eigenvalue weighted by Gasteiger charge is 2.55. The predicted molar refractivity (Wildman–Crippen MR) is 55.5 cm³/mol. The zero-order valence-electron chi connectivity index (χ0n) is 8.92. The van der Waals surface area contributed by atoms with Crippen LogP contribution in [0, 0.1) is 17.3 Å². The highest BCUT2D eigenvalue weighted by molar-refractivity contribution is 5.06. The minimum Gasteiger partial charge on any atom is -0.330 e. The van der Waals surface area contributed by atoms with Crippen LogP contribution in [0.3, 0.4) is 0 Å². The summed E-state index contributed by atoms with van der Waals surface area (Å²) in [7, 11) is 2.24. The fraction of sp³-hybridized carbons (Fsp3) is 1.00. The first kappa shape index (κ1) is 9.47. The fourth-order valence-corrected chi connectivity index (χ4v) is 3.17. The first-order valence-corrected chi connectivity index (χ1v) is 5.57. The van der Waals surface area contributed by atoms with E-state index in [-0.39, 0.29) is 0 Å². The van der Waals surface area contributed by atoms with Crippen molar-refractivity contribution in [3.8, 4) is 0 Å². The summed E-state index contributed by atoms with van der Waals surface area (Å²) in [5.74, 6) is 1.76. The molecule has 3 atom stereocenters. The van der Waals surface area contributed by atoms with Crippen molar-refractivity contribution in [1.29, 1.82) is 0 Å². The molecule has 2 N–H and O–H groups in total. The summed E-state index contributed by atoms with van der Waals surface area (Å²) < 4.78 is 0. The van der Waals surface area contributed by atoms with E-state index < -0.39 is 0 Å². The second kappa shape index (κ2) is 3.25. The Balaban J connectivity index is 1.99. The molecule has 1 saturated carbocycles. The van der Waals surface area contributed by atoms with Gasteiger partial charge in [0.25, 0.3) is 0 Å². The summed E-state index contributed by atoms with van der Waals surface area (Å²) in [6, 6.07) is 0. The van der Waals surface area contributed by atoms with Crippen molar-refractivity contribution in [1.82, 2.24) is 4.90 Å². The average molecular weight is 182 g/mol. The summed E-state index contributed by atoms with van der Waals surface area (Å²) in [5, 5.41) is 0. The predicted octanol–water partition coefficient (Wildman–Crippen LogP) is 1.31. The van der Waals surface area contributed by atoms with Crippen molar-refractivity contribution < 1.29 is 0 Å². The lowest BCUT2D eigenvalue weighted by Gasteiger charge is -2.35. The molecule has 0 spiro atoms. The van der Waals surface area contributed by atoms with Crippen LogP contribution in [0.4, 0.5) is 0 Å². The standard InChI is InChI=1S/C11H22N2/c1-9-6-11(9,8-12)10-4-3-5-13(2)7-10/h9-10H,3-8,12H2,1-2H3. The zero-order chi connectivity index (χ0) is 9.47. The molecule has 1 aliphatic heterocycles. The van der Waals surface area contributed by atoms with E-state index in [0.717, 1.165) is 18.4 Å². The maximum Gasteiger partial charge on any atom is 0.00125 e.